The molecule has 1 atom stereocenters. The highest BCUT2D eigenvalue weighted by molar-refractivity contribution is 5.78. The Hall–Kier alpha value is -1.61. The van der Waals surface area contributed by atoms with E-state index in [0.29, 0.717) is 13.0 Å². The first-order valence-electron chi connectivity index (χ1n) is 7.01. The Balaban J connectivity index is 1.75. The second kappa shape index (κ2) is 7.10. The van der Waals surface area contributed by atoms with Crippen LogP contribution in [0.5, 0.6) is 0 Å². The van der Waals surface area contributed by atoms with Gasteiger partial charge in [0.1, 0.15) is 0 Å². The molecule has 1 amide bonds. The molecule has 0 heterocycles. The van der Waals surface area contributed by atoms with Crippen LogP contribution in [0.1, 0.15) is 43.7 Å². The van der Waals surface area contributed by atoms with E-state index < -0.39 is 0 Å². The van der Waals surface area contributed by atoms with E-state index in [-0.39, 0.29) is 11.9 Å². The second-order valence-electron chi connectivity index (χ2n) is 5.11. The van der Waals surface area contributed by atoms with Crippen molar-refractivity contribution in [2.45, 2.75) is 38.1 Å². The Kier molecular flexibility index (Phi) is 5.16. The first kappa shape index (κ1) is 13.8. The van der Waals surface area contributed by atoms with Crippen molar-refractivity contribution in [1.29, 1.82) is 0 Å². The fourth-order valence-electron chi connectivity index (χ4n) is 2.38. The van der Waals surface area contributed by atoms with E-state index in [9.17, 15) is 4.79 Å². The number of carbonyl (C=O) groups is 1. The molecule has 102 valence electrons. The van der Waals surface area contributed by atoms with E-state index in [2.05, 4.69) is 11.4 Å². The molecule has 0 saturated carbocycles. The first-order chi connectivity index (χ1) is 9.25. The fraction of sp³-hybridized carbons (Fsp3) is 0.438. The van der Waals surface area contributed by atoms with Gasteiger partial charge in [-0.1, -0.05) is 42.0 Å². The Bertz CT molecular complexity index is 439. The summed E-state index contributed by atoms with van der Waals surface area (Å²) in [6, 6.07) is 9.73. The summed E-state index contributed by atoms with van der Waals surface area (Å²) in [5.74, 6) is 0.0829. The van der Waals surface area contributed by atoms with Crippen LogP contribution in [0.2, 0.25) is 0 Å². The number of hydrogen-bond acceptors (Lipinski definition) is 2. The zero-order valence-corrected chi connectivity index (χ0v) is 11.3. The second-order valence-corrected chi connectivity index (χ2v) is 5.11. The van der Waals surface area contributed by atoms with Crippen LogP contribution in [0.3, 0.4) is 0 Å². The van der Waals surface area contributed by atoms with Crippen LogP contribution in [0, 0.1) is 0 Å². The highest BCUT2D eigenvalue weighted by atomic mass is 16.1. The molecule has 1 aromatic rings. The Morgan fingerprint density at radius 2 is 2.05 bits per heavy atom. The highest BCUT2D eigenvalue weighted by Gasteiger charge is 2.11. The van der Waals surface area contributed by atoms with E-state index in [1.165, 1.54) is 18.4 Å². The number of hydrogen-bond donors (Lipinski definition) is 2. The van der Waals surface area contributed by atoms with Crippen LogP contribution < -0.4 is 11.1 Å². The van der Waals surface area contributed by atoms with Gasteiger partial charge in [-0.25, -0.2) is 0 Å². The van der Waals surface area contributed by atoms with E-state index in [1.54, 1.807) is 0 Å². The number of benzene rings is 1. The van der Waals surface area contributed by atoms with Crippen molar-refractivity contribution in [3.05, 3.63) is 47.5 Å². The summed E-state index contributed by atoms with van der Waals surface area (Å²) in [6.07, 6.45) is 7.39. The minimum Gasteiger partial charge on any atom is -0.354 e. The summed E-state index contributed by atoms with van der Waals surface area (Å²) < 4.78 is 0. The monoisotopic (exact) mass is 258 g/mol. The first-order valence-corrected chi connectivity index (χ1v) is 7.01. The fourth-order valence-corrected chi connectivity index (χ4v) is 2.38. The van der Waals surface area contributed by atoms with Gasteiger partial charge in [0.2, 0.25) is 5.91 Å². The molecule has 3 N–H and O–H groups in total. The summed E-state index contributed by atoms with van der Waals surface area (Å²) in [5, 5.41) is 2.92. The highest BCUT2D eigenvalue weighted by Crippen LogP contribution is 2.19. The average molecular weight is 258 g/mol. The summed E-state index contributed by atoms with van der Waals surface area (Å²) in [5.41, 5.74) is 8.38. The van der Waals surface area contributed by atoms with Gasteiger partial charge in [-0.3, -0.25) is 4.79 Å². The lowest BCUT2D eigenvalue weighted by molar-refractivity contribution is -0.120. The van der Waals surface area contributed by atoms with E-state index in [1.807, 2.05) is 30.3 Å². The van der Waals surface area contributed by atoms with Gasteiger partial charge in [-0.2, -0.15) is 0 Å². The van der Waals surface area contributed by atoms with Crippen molar-refractivity contribution in [2.24, 2.45) is 5.73 Å². The summed E-state index contributed by atoms with van der Waals surface area (Å²) in [7, 11) is 0. The zero-order chi connectivity index (χ0) is 13.5. The largest absolute Gasteiger partial charge is 0.354 e. The van der Waals surface area contributed by atoms with Crippen molar-refractivity contribution < 1.29 is 4.79 Å². The summed E-state index contributed by atoms with van der Waals surface area (Å²) >= 11 is 0. The molecule has 0 radical (unpaired) electrons. The number of carbonyl (C=O) groups excluding carboxylic acids is 1. The molecule has 2 rings (SSSR count). The Morgan fingerprint density at radius 1 is 1.26 bits per heavy atom. The van der Waals surface area contributed by atoms with Crippen molar-refractivity contribution in [3.63, 3.8) is 0 Å². The maximum atomic E-state index is 11.8. The van der Waals surface area contributed by atoms with Gasteiger partial charge in [0.15, 0.2) is 0 Å². The van der Waals surface area contributed by atoms with Crippen LogP contribution in [0.4, 0.5) is 0 Å². The number of rotatable bonds is 5. The predicted octanol–water partition coefficient (Wildman–Crippen LogP) is 2.69. The molecule has 19 heavy (non-hydrogen) atoms. The van der Waals surface area contributed by atoms with Gasteiger partial charge in [-0.15, -0.1) is 0 Å². The van der Waals surface area contributed by atoms with E-state index in [4.69, 9.17) is 5.73 Å². The molecule has 0 bridgehead atoms. The summed E-state index contributed by atoms with van der Waals surface area (Å²) in [6.45, 7) is 0.496. The molecule has 1 unspecified atom stereocenters. The van der Waals surface area contributed by atoms with Gasteiger partial charge >= 0.3 is 0 Å². The number of amides is 1. The van der Waals surface area contributed by atoms with Crippen LogP contribution in [0.15, 0.2) is 42.0 Å². The third kappa shape index (κ3) is 4.52. The third-order valence-electron chi connectivity index (χ3n) is 3.52. The van der Waals surface area contributed by atoms with E-state index >= 15 is 0 Å². The molecule has 0 fully saturated rings. The minimum atomic E-state index is -0.134. The van der Waals surface area contributed by atoms with Crippen molar-refractivity contribution in [3.8, 4) is 0 Å². The lowest BCUT2D eigenvalue weighted by Gasteiger charge is -2.15. The normalized spacial score (nSPS) is 16.6. The molecule has 3 nitrogen and oxygen atoms in total. The molecule has 3 heteroatoms. The summed E-state index contributed by atoms with van der Waals surface area (Å²) in [4.78, 5) is 11.8. The molecule has 1 aromatic carbocycles. The van der Waals surface area contributed by atoms with Crippen LogP contribution >= 0.6 is 0 Å². The molecular weight excluding hydrogens is 236 g/mol. The Morgan fingerprint density at radius 3 is 2.74 bits per heavy atom. The van der Waals surface area contributed by atoms with Crippen molar-refractivity contribution in [2.75, 3.05) is 6.54 Å². The average Bonchev–Trinajstić information content (AvgIpc) is 2.47. The molecule has 0 saturated heterocycles. The SMILES string of the molecule is NC(CNC(=O)CC1=CCCCC1)c1ccccc1. The number of allylic oxidation sites excluding steroid dienone is 1. The van der Waals surface area contributed by atoms with Gasteiger partial charge in [0, 0.05) is 19.0 Å². The molecule has 0 spiro atoms. The van der Waals surface area contributed by atoms with Crippen LogP contribution in [-0.2, 0) is 4.79 Å². The molecular formula is C16H22N2O. The Labute approximate surface area is 114 Å². The van der Waals surface area contributed by atoms with Crippen molar-refractivity contribution >= 4 is 5.91 Å². The molecule has 1 aliphatic rings. The zero-order valence-electron chi connectivity index (χ0n) is 11.3. The van der Waals surface area contributed by atoms with Crippen molar-refractivity contribution in [1.82, 2.24) is 5.32 Å². The van der Waals surface area contributed by atoms with Gasteiger partial charge in [0.25, 0.3) is 0 Å². The number of nitrogens with one attached hydrogen (secondary N) is 1. The third-order valence-corrected chi connectivity index (χ3v) is 3.52. The smallest absolute Gasteiger partial charge is 0.224 e. The molecule has 1 aliphatic carbocycles. The molecule has 0 aliphatic heterocycles. The van der Waals surface area contributed by atoms with Crippen LogP contribution in [-0.4, -0.2) is 12.5 Å². The van der Waals surface area contributed by atoms with Gasteiger partial charge < -0.3 is 11.1 Å². The van der Waals surface area contributed by atoms with E-state index in [0.717, 1.165) is 18.4 Å². The van der Waals surface area contributed by atoms with Gasteiger partial charge in [0.05, 0.1) is 0 Å². The number of nitrogens with two attached hydrogens (primary N) is 1. The lowest BCUT2D eigenvalue weighted by atomic mass is 9.97. The lowest BCUT2D eigenvalue weighted by Crippen LogP contribution is -2.32. The predicted molar refractivity (Wildman–Crippen MR) is 77.5 cm³/mol. The minimum absolute atomic E-state index is 0.0829. The molecule has 0 aromatic heterocycles. The standard InChI is InChI=1S/C16H22N2O/c17-15(14-9-5-2-6-10-14)12-18-16(19)11-13-7-3-1-4-8-13/h2,5-7,9-10,15H,1,3-4,8,11-12,17H2,(H,18,19). The topological polar surface area (TPSA) is 55.1 Å². The van der Waals surface area contributed by atoms with Gasteiger partial charge in [-0.05, 0) is 31.2 Å². The quantitative estimate of drug-likeness (QED) is 0.798. The maximum absolute atomic E-state index is 11.8. The van der Waals surface area contributed by atoms with Crippen LogP contribution in [0.25, 0.3) is 0 Å². The maximum Gasteiger partial charge on any atom is 0.224 e.